The molecule has 0 unspecified atom stereocenters. The first-order chi connectivity index (χ1) is 11.3. The molecule has 2 aromatic rings. The molecule has 1 heterocycles. The van der Waals surface area contributed by atoms with E-state index in [-0.39, 0.29) is 28.5 Å². The molecular weight excluding hydrogens is 318 g/mol. The van der Waals surface area contributed by atoms with Crippen molar-refractivity contribution in [2.75, 3.05) is 19.4 Å². The Kier molecular flexibility index (Phi) is 4.73. The van der Waals surface area contributed by atoms with E-state index in [0.29, 0.717) is 6.29 Å². The maximum Gasteiger partial charge on any atom is 0.433 e. The van der Waals surface area contributed by atoms with Gasteiger partial charge in [0.1, 0.15) is 4.92 Å². The van der Waals surface area contributed by atoms with Gasteiger partial charge in [-0.1, -0.05) is 0 Å². The van der Waals surface area contributed by atoms with Crippen molar-refractivity contribution in [1.82, 2.24) is 4.90 Å². The van der Waals surface area contributed by atoms with E-state index in [1.54, 1.807) is 14.1 Å². The highest BCUT2D eigenvalue weighted by Crippen LogP contribution is 2.19. The van der Waals surface area contributed by atoms with Crippen LogP contribution in [0.25, 0.3) is 0 Å². The first kappa shape index (κ1) is 16.9. The van der Waals surface area contributed by atoms with E-state index in [1.165, 1.54) is 23.1 Å². The third-order valence-electron chi connectivity index (χ3n) is 3.07. The van der Waals surface area contributed by atoms with Crippen LogP contribution in [0.3, 0.4) is 0 Å². The molecule has 2 amide bonds. The van der Waals surface area contributed by atoms with E-state index >= 15 is 0 Å². The smallest absolute Gasteiger partial charge is 0.395 e. The average molecular weight is 331 g/mol. The van der Waals surface area contributed by atoms with Crippen LogP contribution >= 0.6 is 0 Å². The van der Waals surface area contributed by atoms with E-state index in [1.807, 2.05) is 0 Å². The number of furan rings is 1. The summed E-state index contributed by atoms with van der Waals surface area (Å²) in [5, 5.41) is 13.0. The maximum atomic E-state index is 12.0. The second-order valence-electron chi connectivity index (χ2n) is 4.97. The Bertz CT molecular complexity index is 824. The lowest BCUT2D eigenvalue weighted by molar-refractivity contribution is -0.402. The molecule has 0 saturated carbocycles. The monoisotopic (exact) mass is 331 g/mol. The van der Waals surface area contributed by atoms with Crippen LogP contribution in [0.2, 0.25) is 0 Å². The molecule has 1 aromatic heterocycles. The van der Waals surface area contributed by atoms with Crippen LogP contribution in [-0.4, -0.2) is 42.0 Å². The molecule has 9 nitrogen and oxygen atoms in total. The van der Waals surface area contributed by atoms with E-state index in [9.17, 15) is 24.5 Å². The molecule has 9 heteroatoms. The van der Waals surface area contributed by atoms with Gasteiger partial charge in [0.05, 0.1) is 11.6 Å². The summed E-state index contributed by atoms with van der Waals surface area (Å²) in [5.74, 6) is -1.87. The molecule has 0 fully saturated rings. The minimum atomic E-state index is -0.761. The minimum absolute atomic E-state index is 0.108. The number of benzene rings is 1. The Morgan fingerprint density at radius 3 is 2.50 bits per heavy atom. The van der Waals surface area contributed by atoms with Crippen LogP contribution in [0.1, 0.15) is 31.3 Å². The maximum absolute atomic E-state index is 12.0. The fourth-order valence-electron chi connectivity index (χ4n) is 1.91. The van der Waals surface area contributed by atoms with Gasteiger partial charge in [0.15, 0.2) is 12.0 Å². The number of amides is 2. The molecular formula is C15H13N3O6. The van der Waals surface area contributed by atoms with Crippen molar-refractivity contribution in [3.05, 3.63) is 57.3 Å². The number of carbonyl (C=O) groups is 3. The first-order valence-corrected chi connectivity index (χ1v) is 6.70. The molecule has 0 aliphatic carbocycles. The van der Waals surface area contributed by atoms with Crippen LogP contribution in [-0.2, 0) is 0 Å². The first-order valence-electron chi connectivity index (χ1n) is 6.70. The molecule has 0 radical (unpaired) electrons. The summed E-state index contributed by atoms with van der Waals surface area (Å²) < 4.78 is 4.79. The van der Waals surface area contributed by atoms with Crippen molar-refractivity contribution in [3.63, 3.8) is 0 Å². The van der Waals surface area contributed by atoms with Crippen LogP contribution in [0.15, 0.2) is 34.7 Å². The number of hydrogen-bond donors (Lipinski definition) is 1. The van der Waals surface area contributed by atoms with Crippen molar-refractivity contribution >= 4 is 29.7 Å². The van der Waals surface area contributed by atoms with Crippen molar-refractivity contribution < 1.29 is 23.7 Å². The highest BCUT2D eigenvalue weighted by molar-refractivity contribution is 6.05. The molecule has 124 valence electrons. The second-order valence-corrected chi connectivity index (χ2v) is 4.97. The Labute approximate surface area is 136 Å². The largest absolute Gasteiger partial charge is 0.433 e. The summed E-state index contributed by atoms with van der Waals surface area (Å²) in [7, 11) is 3.10. The van der Waals surface area contributed by atoms with Crippen LogP contribution in [0, 0.1) is 10.1 Å². The minimum Gasteiger partial charge on any atom is -0.395 e. The predicted molar refractivity (Wildman–Crippen MR) is 83.2 cm³/mol. The van der Waals surface area contributed by atoms with Crippen LogP contribution < -0.4 is 5.32 Å². The molecule has 2 rings (SSSR count). The summed E-state index contributed by atoms with van der Waals surface area (Å²) in [4.78, 5) is 46.2. The zero-order chi connectivity index (χ0) is 17.9. The molecule has 0 atom stereocenters. The number of nitrogens with one attached hydrogen (secondary N) is 1. The molecule has 0 bridgehead atoms. The molecule has 1 aromatic carbocycles. The Morgan fingerprint density at radius 2 is 1.96 bits per heavy atom. The van der Waals surface area contributed by atoms with Gasteiger partial charge >= 0.3 is 5.88 Å². The van der Waals surface area contributed by atoms with E-state index in [0.717, 1.165) is 12.1 Å². The normalized spacial score (nSPS) is 10.1. The number of anilines is 1. The zero-order valence-electron chi connectivity index (χ0n) is 12.8. The van der Waals surface area contributed by atoms with Gasteiger partial charge in [0.2, 0.25) is 0 Å². The summed E-state index contributed by atoms with van der Waals surface area (Å²) in [5.41, 5.74) is 0.551. The predicted octanol–water partition coefficient (Wildman–Crippen LogP) is 1.95. The van der Waals surface area contributed by atoms with Crippen molar-refractivity contribution in [1.29, 1.82) is 0 Å². The topological polar surface area (TPSA) is 123 Å². The Balaban J connectivity index is 2.23. The summed E-state index contributed by atoms with van der Waals surface area (Å²) in [6.45, 7) is 0. The van der Waals surface area contributed by atoms with Gasteiger partial charge in [-0.2, -0.15) is 0 Å². The fourth-order valence-corrected chi connectivity index (χ4v) is 1.91. The molecule has 0 aliphatic rings. The Hall–Kier alpha value is -3.49. The van der Waals surface area contributed by atoms with Gasteiger partial charge < -0.3 is 14.6 Å². The van der Waals surface area contributed by atoms with Gasteiger partial charge in [-0.25, -0.2) is 0 Å². The van der Waals surface area contributed by atoms with E-state index in [4.69, 9.17) is 4.42 Å². The molecule has 0 spiro atoms. The second kappa shape index (κ2) is 6.73. The van der Waals surface area contributed by atoms with Crippen LogP contribution in [0.5, 0.6) is 0 Å². The highest BCUT2D eigenvalue weighted by atomic mass is 16.6. The third kappa shape index (κ3) is 3.46. The van der Waals surface area contributed by atoms with Gasteiger partial charge in [-0.15, -0.1) is 0 Å². The summed E-state index contributed by atoms with van der Waals surface area (Å²) in [6, 6.07) is 6.41. The molecule has 0 saturated heterocycles. The van der Waals surface area contributed by atoms with Crippen molar-refractivity contribution in [3.8, 4) is 0 Å². The summed E-state index contributed by atoms with van der Waals surface area (Å²) >= 11 is 0. The van der Waals surface area contributed by atoms with Crippen molar-refractivity contribution in [2.45, 2.75) is 0 Å². The lowest BCUT2D eigenvalue weighted by atomic mass is 10.1. The highest BCUT2D eigenvalue weighted by Gasteiger charge is 2.18. The van der Waals surface area contributed by atoms with Gasteiger partial charge in [0, 0.05) is 25.3 Å². The SMILES string of the molecule is CN(C)C(=O)c1ccc(NC(=O)c2ccc([N+](=O)[O-])o2)cc1C=O. The lowest BCUT2D eigenvalue weighted by Gasteiger charge is -2.13. The van der Waals surface area contributed by atoms with Crippen LogP contribution in [0.4, 0.5) is 11.6 Å². The molecule has 1 N–H and O–H groups in total. The lowest BCUT2D eigenvalue weighted by Crippen LogP contribution is -2.23. The van der Waals surface area contributed by atoms with E-state index < -0.39 is 16.7 Å². The Morgan fingerprint density at radius 1 is 1.25 bits per heavy atom. The van der Waals surface area contributed by atoms with Gasteiger partial charge in [-0.05, 0) is 24.3 Å². The number of aldehydes is 1. The number of carbonyl (C=O) groups excluding carboxylic acids is 3. The molecule has 24 heavy (non-hydrogen) atoms. The van der Waals surface area contributed by atoms with Gasteiger partial charge in [0.25, 0.3) is 11.8 Å². The standard InChI is InChI=1S/C15H13N3O6/c1-17(2)15(21)11-4-3-10(7-9(11)8-19)16-14(20)12-5-6-13(24-12)18(22)23/h3-8H,1-2H3,(H,16,20). The number of rotatable bonds is 5. The van der Waals surface area contributed by atoms with E-state index in [2.05, 4.69) is 5.32 Å². The zero-order valence-corrected chi connectivity index (χ0v) is 12.8. The number of hydrogen-bond acceptors (Lipinski definition) is 6. The third-order valence-corrected chi connectivity index (χ3v) is 3.07. The summed E-state index contributed by atoms with van der Waals surface area (Å²) in [6.07, 6.45) is 0.504. The molecule has 0 aliphatic heterocycles. The average Bonchev–Trinajstić information content (AvgIpc) is 3.04. The quantitative estimate of drug-likeness (QED) is 0.507. The number of nitro groups is 1. The fraction of sp³-hybridized carbons (Fsp3) is 0.133. The van der Waals surface area contributed by atoms with Crippen molar-refractivity contribution in [2.24, 2.45) is 0 Å². The number of nitrogens with zero attached hydrogens (tertiary/aromatic N) is 2. The van der Waals surface area contributed by atoms with Gasteiger partial charge in [-0.3, -0.25) is 24.5 Å².